The first-order valence-corrected chi connectivity index (χ1v) is 9.46. The monoisotopic (exact) mass is 352 g/mol. The minimum absolute atomic E-state index is 0.0823. The number of piperidine rings is 1. The molecule has 0 unspecified atom stereocenters. The Morgan fingerprint density at radius 2 is 1.92 bits per heavy atom. The maximum Gasteiger partial charge on any atom is 0.227 e. The first-order valence-electron chi connectivity index (χ1n) is 9.46. The second-order valence-corrected chi connectivity index (χ2v) is 6.93. The van der Waals surface area contributed by atoms with Gasteiger partial charge in [0.25, 0.3) is 0 Å². The number of aryl methyl sites for hydroxylation is 1. The highest BCUT2D eigenvalue weighted by atomic mass is 16.5. The zero-order valence-electron chi connectivity index (χ0n) is 15.7. The van der Waals surface area contributed by atoms with E-state index < -0.39 is 0 Å². The lowest BCUT2D eigenvalue weighted by molar-refractivity contribution is -0.121. The third kappa shape index (κ3) is 4.85. The van der Waals surface area contributed by atoms with E-state index in [1.165, 1.54) is 11.1 Å². The number of ether oxygens (including phenoxy) is 1. The predicted octanol–water partition coefficient (Wildman–Crippen LogP) is 4.24. The molecule has 0 bridgehead atoms. The van der Waals surface area contributed by atoms with Crippen LogP contribution in [0.25, 0.3) is 0 Å². The largest absolute Gasteiger partial charge is 0.494 e. The van der Waals surface area contributed by atoms with Crippen molar-refractivity contribution in [2.75, 3.05) is 25.0 Å². The van der Waals surface area contributed by atoms with Gasteiger partial charge in [-0.25, -0.2) is 0 Å². The Kier molecular flexibility index (Phi) is 6.29. The zero-order valence-corrected chi connectivity index (χ0v) is 15.7. The van der Waals surface area contributed by atoms with Crippen LogP contribution in [0.2, 0.25) is 0 Å². The first kappa shape index (κ1) is 18.5. The van der Waals surface area contributed by atoms with Crippen molar-refractivity contribution < 1.29 is 9.53 Å². The van der Waals surface area contributed by atoms with Crippen LogP contribution in [0.15, 0.2) is 48.5 Å². The summed E-state index contributed by atoms with van der Waals surface area (Å²) in [6.45, 7) is 7.63. The summed E-state index contributed by atoms with van der Waals surface area (Å²) in [5, 5.41) is 3.05. The van der Waals surface area contributed by atoms with Crippen LogP contribution in [0.4, 0.5) is 5.69 Å². The van der Waals surface area contributed by atoms with Crippen molar-refractivity contribution in [1.29, 1.82) is 0 Å². The van der Waals surface area contributed by atoms with E-state index in [1.807, 2.05) is 31.2 Å². The van der Waals surface area contributed by atoms with E-state index in [-0.39, 0.29) is 11.8 Å². The molecule has 1 saturated heterocycles. The van der Waals surface area contributed by atoms with Crippen LogP contribution in [0.5, 0.6) is 5.75 Å². The number of likely N-dealkylation sites (tertiary alicyclic amines) is 1. The summed E-state index contributed by atoms with van der Waals surface area (Å²) in [4.78, 5) is 15.0. The van der Waals surface area contributed by atoms with Crippen molar-refractivity contribution in [3.63, 3.8) is 0 Å². The van der Waals surface area contributed by atoms with Gasteiger partial charge in [0.1, 0.15) is 5.75 Å². The van der Waals surface area contributed by atoms with Crippen LogP contribution in [0.1, 0.15) is 30.9 Å². The number of hydrogen-bond donors (Lipinski definition) is 1. The number of rotatable bonds is 6. The van der Waals surface area contributed by atoms with E-state index in [0.29, 0.717) is 6.61 Å². The zero-order chi connectivity index (χ0) is 18.4. The summed E-state index contributed by atoms with van der Waals surface area (Å²) in [7, 11) is 0. The summed E-state index contributed by atoms with van der Waals surface area (Å²) in [6, 6.07) is 16.1. The fourth-order valence-corrected chi connectivity index (χ4v) is 3.46. The van der Waals surface area contributed by atoms with E-state index >= 15 is 0 Å². The lowest BCUT2D eigenvalue weighted by atomic mass is 9.95. The molecule has 1 heterocycles. The normalized spacial score (nSPS) is 15.6. The Morgan fingerprint density at radius 3 is 2.65 bits per heavy atom. The lowest BCUT2D eigenvalue weighted by Crippen LogP contribution is -2.37. The van der Waals surface area contributed by atoms with Crippen LogP contribution in [-0.2, 0) is 11.3 Å². The van der Waals surface area contributed by atoms with Crippen molar-refractivity contribution in [1.82, 2.24) is 4.90 Å². The number of amides is 1. The molecule has 1 aliphatic heterocycles. The number of hydrogen-bond acceptors (Lipinski definition) is 3. The summed E-state index contributed by atoms with van der Waals surface area (Å²) in [5.41, 5.74) is 3.52. The van der Waals surface area contributed by atoms with Gasteiger partial charge in [-0.15, -0.1) is 0 Å². The molecule has 2 aromatic carbocycles. The quantitative estimate of drug-likeness (QED) is 0.845. The molecular weight excluding hydrogens is 324 g/mol. The molecule has 1 amide bonds. The molecule has 0 saturated carbocycles. The Hall–Kier alpha value is -2.33. The molecule has 0 aliphatic carbocycles. The summed E-state index contributed by atoms with van der Waals surface area (Å²) < 4.78 is 5.50. The number of benzene rings is 2. The fraction of sp³-hybridized carbons (Fsp3) is 0.409. The van der Waals surface area contributed by atoms with Crippen molar-refractivity contribution in [3.8, 4) is 5.75 Å². The summed E-state index contributed by atoms with van der Waals surface area (Å²) in [5.74, 6) is 0.992. The molecule has 0 spiro atoms. The summed E-state index contributed by atoms with van der Waals surface area (Å²) in [6.07, 6.45) is 1.81. The van der Waals surface area contributed by atoms with E-state index in [1.54, 1.807) is 0 Å². The van der Waals surface area contributed by atoms with E-state index in [0.717, 1.165) is 43.9 Å². The summed E-state index contributed by atoms with van der Waals surface area (Å²) >= 11 is 0. The average molecular weight is 352 g/mol. The van der Waals surface area contributed by atoms with Crippen molar-refractivity contribution in [3.05, 3.63) is 59.7 Å². The highest BCUT2D eigenvalue weighted by molar-refractivity contribution is 5.92. The average Bonchev–Trinajstić information content (AvgIpc) is 2.65. The van der Waals surface area contributed by atoms with Crippen LogP contribution >= 0.6 is 0 Å². The van der Waals surface area contributed by atoms with E-state index in [2.05, 4.69) is 41.4 Å². The SMILES string of the molecule is CCOc1cccc(NC(=O)C2CCN(Cc3ccccc3C)CC2)c1. The molecule has 0 atom stereocenters. The molecule has 0 aromatic heterocycles. The Morgan fingerprint density at radius 1 is 1.15 bits per heavy atom. The van der Waals surface area contributed by atoms with Gasteiger partial charge < -0.3 is 10.1 Å². The molecule has 1 N–H and O–H groups in total. The molecule has 3 rings (SSSR count). The Bertz CT molecular complexity index is 736. The van der Waals surface area contributed by atoms with Crippen molar-refractivity contribution >= 4 is 11.6 Å². The van der Waals surface area contributed by atoms with Crippen LogP contribution in [0, 0.1) is 12.8 Å². The standard InChI is InChI=1S/C22H28N2O2/c1-3-26-21-10-6-9-20(15-21)23-22(25)18-11-13-24(14-12-18)16-19-8-5-4-7-17(19)2/h4-10,15,18H,3,11-14,16H2,1-2H3,(H,23,25). The number of nitrogens with one attached hydrogen (secondary N) is 1. The minimum Gasteiger partial charge on any atom is -0.494 e. The van der Waals surface area contributed by atoms with Gasteiger partial charge in [-0.1, -0.05) is 30.3 Å². The number of nitrogens with zero attached hydrogens (tertiary/aromatic N) is 1. The van der Waals surface area contributed by atoms with Gasteiger partial charge in [-0.2, -0.15) is 0 Å². The van der Waals surface area contributed by atoms with Gasteiger partial charge in [0.15, 0.2) is 0 Å². The highest BCUT2D eigenvalue weighted by Crippen LogP contribution is 2.23. The third-order valence-electron chi connectivity index (χ3n) is 5.03. The molecule has 1 aliphatic rings. The molecule has 4 heteroatoms. The van der Waals surface area contributed by atoms with Crippen molar-refractivity contribution in [2.45, 2.75) is 33.2 Å². The third-order valence-corrected chi connectivity index (χ3v) is 5.03. The first-order chi connectivity index (χ1) is 12.7. The van der Waals surface area contributed by atoms with Gasteiger partial charge in [0.05, 0.1) is 6.61 Å². The van der Waals surface area contributed by atoms with Crippen molar-refractivity contribution in [2.24, 2.45) is 5.92 Å². The Balaban J connectivity index is 1.50. The highest BCUT2D eigenvalue weighted by Gasteiger charge is 2.25. The number of anilines is 1. The number of carbonyl (C=O) groups is 1. The molecule has 26 heavy (non-hydrogen) atoms. The number of carbonyl (C=O) groups excluding carboxylic acids is 1. The van der Waals surface area contributed by atoms with E-state index in [4.69, 9.17) is 4.74 Å². The smallest absolute Gasteiger partial charge is 0.227 e. The van der Waals surface area contributed by atoms with Crippen LogP contribution < -0.4 is 10.1 Å². The molecule has 138 valence electrons. The van der Waals surface area contributed by atoms with Crippen LogP contribution in [-0.4, -0.2) is 30.5 Å². The maximum absolute atomic E-state index is 12.6. The topological polar surface area (TPSA) is 41.6 Å². The fourth-order valence-electron chi connectivity index (χ4n) is 3.46. The molecule has 1 fully saturated rings. The second-order valence-electron chi connectivity index (χ2n) is 6.93. The van der Waals surface area contributed by atoms with Gasteiger partial charge in [0, 0.05) is 24.2 Å². The van der Waals surface area contributed by atoms with Gasteiger partial charge in [0.2, 0.25) is 5.91 Å². The van der Waals surface area contributed by atoms with Gasteiger partial charge in [-0.05, 0) is 63.0 Å². The van der Waals surface area contributed by atoms with Gasteiger partial charge in [-0.3, -0.25) is 9.69 Å². The molecule has 2 aromatic rings. The lowest BCUT2D eigenvalue weighted by Gasteiger charge is -2.31. The van der Waals surface area contributed by atoms with Crippen LogP contribution in [0.3, 0.4) is 0 Å². The molecular formula is C22H28N2O2. The predicted molar refractivity (Wildman–Crippen MR) is 105 cm³/mol. The maximum atomic E-state index is 12.6. The van der Waals surface area contributed by atoms with E-state index in [9.17, 15) is 4.79 Å². The minimum atomic E-state index is 0.0823. The molecule has 4 nitrogen and oxygen atoms in total. The second kappa shape index (κ2) is 8.86. The Labute approximate surface area is 156 Å². The molecule has 0 radical (unpaired) electrons. The van der Waals surface area contributed by atoms with Gasteiger partial charge >= 0.3 is 0 Å².